The number of nitrogens with zero attached hydrogens (tertiary/aromatic N) is 1. The van der Waals surface area contributed by atoms with E-state index in [1.54, 1.807) is 13.0 Å². The number of hydrogen-bond acceptors (Lipinski definition) is 4. The van der Waals surface area contributed by atoms with Crippen LogP contribution in [-0.2, 0) is 16.6 Å². The Hall–Kier alpha value is -1.21. The Morgan fingerprint density at radius 1 is 1.43 bits per heavy atom. The molecule has 0 aromatic heterocycles. The standard InChI is InChI=1S/C15H24N2O3S/c1-4-8-17(9-10-18)21(19,20)15-11-14(12-16-5-2)7-6-13(15)3/h4,6-7,11,16,18H,1,5,8-10,12H2,2-3H3. The van der Waals surface area contributed by atoms with Crippen molar-refractivity contribution in [3.8, 4) is 0 Å². The predicted molar refractivity (Wildman–Crippen MR) is 84.6 cm³/mol. The molecule has 2 N–H and O–H groups in total. The van der Waals surface area contributed by atoms with E-state index < -0.39 is 10.0 Å². The second-order valence-corrected chi connectivity index (χ2v) is 6.66. The lowest BCUT2D eigenvalue weighted by Crippen LogP contribution is -2.34. The van der Waals surface area contributed by atoms with Gasteiger partial charge in [0.15, 0.2) is 0 Å². The molecule has 0 aliphatic heterocycles. The van der Waals surface area contributed by atoms with E-state index in [0.717, 1.165) is 12.1 Å². The van der Waals surface area contributed by atoms with Crippen molar-refractivity contribution in [1.82, 2.24) is 9.62 Å². The smallest absolute Gasteiger partial charge is 0.243 e. The van der Waals surface area contributed by atoms with Gasteiger partial charge in [-0.05, 0) is 30.7 Å². The van der Waals surface area contributed by atoms with Crippen molar-refractivity contribution in [3.05, 3.63) is 42.0 Å². The van der Waals surface area contributed by atoms with Crippen molar-refractivity contribution < 1.29 is 13.5 Å². The fourth-order valence-corrected chi connectivity index (χ4v) is 3.68. The summed E-state index contributed by atoms with van der Waals surface area (Å²) in [7, 11) is -3.63. The van der Waals surface area contributed by atoms with Gasteiger partial charge >= 0.3 is 0 Å². The van der Waals surface area contributed by atoms with E-state index in [9.17, 15) is 8.42 Å². The summed E-state index contributed by atoms with van der Waals surface area (Å²) in [5, 5.41) is 12.2. The second-order valence-electron chi connectivity index (χ2n) is 4.76. The van der Waals surface area contributed by atoms with Gasteiger partial charge in [0.25, 0.3) is 0 Å². The minimum Gasteiger partial charge on any atom is -0.395 e. The van der Waals surface area contributed by atoms with E-state index >= 15 is 0 Å². The van der Waals surface area contributed by atoms with Crippen molar-refractivity contribution in [1.29, 1.82) is 0 Å². The maximum Gasteiger partial charge on any atom is 0.243 e. The molecule has 0 aliphatic rings. The first-order valence-electron chi connectivity index (χ1n) is 6.99. The van der Waals surface area contributed by atoms with E-state index in [0.29, 0.717) is 12.1 Å². The van der Waals surface area contributed by atoms with Crippen molar-refractivity contribution >= 4 is 10.0 Å². The van der Waals surface area contributed by atoms with Crippen LogP contribution in [0, 0.1) is 6.92 Å². The highest BCUT2D eigenvalue weighted by atomic mass is 32.2. The van der Waals surface area contributed by atoms with Gasteiger partial charge in [-0.1, -0.05) is 25.1 Å². The lowest BCUT2D eigenvalue weighted by atomic mass is 10.1. The van der Waals surface area contributed by atoms with E-state index in [2.05, 4.69) is 11.9 Å². The van der Waals surface area contributed by atoms with Gasteiger partial charge in [-0.2, -0.15) is 4.31 Å². The summed E-state index contributed by atoms with van der Waals surface area (Å²) >= 11 is 0. The topological polar surface area (TPSA) is 69.6 Å². The third-order valence-corrected chi connectivity index (χ3v) is 5.14. The molecule has 0 radical (unpaired) electrons. The monoisotopic (exact) mass is 312 g/mol. The molecule has 0 amide bonds. The fourth-order valence-electron chi connectivity index (χ4n) is 2.01. The number of hydrogen-bond donors (Lipinski definition) is 2. The summed E-state index contributed by atoms with van der Waals surface area (Å²) in [6.45, 7) is 8.81. The van der Waals surface area contributed by atoms with Crippen molar-refractivity contribution in [2.24, 2.45) is 0 Å². The van der Waals surface area contributed by atoms with Gasteiger partial charge in [0.2, 0.25) is 10.0 Å². The van der Waals surface area contributed by atoms with Crippen molar-refractivity contribution in [2.45, 2.75) is 25.3 Å². The van der Waals surface area contributed by atoms with Gasteiger partial charge in [0.1, 0.15) is 0 Å². The molecule has 0 heterocycles. The zero-order valence-corrected chi connectivity index (χ0v) is 13.5. The molecule has 1 rings (SSSR count). The molecule has 6 heteroatoms. The highest BCUT2D eigenvalue weighted by Gasteiger charge is 2.25. The predicted octanol–water partition coefficient (Wildman–Crippen LogP) is 1.27. The lowest BCUT2D eigenvalue weighted by Gasteiger charge is -2.21. The molecule has 0 saturated heterocycles. The van der Waals surface area contributed by atoms with Crippen LogP contribution >= 0.6 is 0 Å². The van der Waals surface area contributed by atoms with Gasteiger partial charge < -0.3 is 10.4 Å². The second kappa shape index (κ2) is 8.29. The maximum atomic E-state index is 12.7. The quantitative estimate of drug-likeness (QED) is 0.674. The van der Waals surface area contributed by atoms with Crippen LogP contribution in [0.5, 0.6) is 0 Å². The summed E-state index contributed by atoms with van der Waals surface area (Å²) in [5.41, 5.74) is 1.62. The molecule has 0 unspecified atom stereocenters. The Morgan fingerprint density at radius 2 is 2.14 bits per heavy atom. The third-order valence-electron chi connectivity index (χ3n) is 3.13. The first-order chi connectivity index (χ1) is 9.97. The highest BCUT2D eigenvalue weighted by molar-refractivity contribution is 7.89. The highest BCUT2D eigenvalue weighted by Crippen LogP contribution is 2.21. The molecule has 0 atom stereocenters. The number of aliphatic hydroxyl groups excluding tert-OH is 1. The number of benzene rings is 1. The molecular formula is C15H24N2O3S. The van der Waals surface area contributed by atoms with Crippen LogP contribution in [0.1, 0.15) is 18.1 Å². The van der Waals surface area contributed by atoms with Crippen LogP contribution in [0.4, 0.5) is 0 Å². The fraction of sp³-hybridized carbons (Fsp3) is 0.467. The van der Waals surface area contributed by atoms with Gasteiger partial charge in [-0.25, -0.2) is 8.42 Å². The summed E-state index contributed by atoms with van der Waals surface area (Å²) in [4.78, 5) is 0.285. The number of nitrogens with one attached hydrogen (secondary N) is 1. The zero-order chi connectivity index (χ0) is 15.9. The molecule has 0 bridgehead atoms. The first kappa shape index (κ1) is 17.8. The SMILES string of the molecule is C=CCN(CCO)S(=O)(=O)c1cc(CNCC)ccc1C. The number of sulfonamides is 1. The van der Waals surface area contributed by atoms with E-state index in [1.165, 1.54) is 10.4 Å². The number of aryl methyl sites for hydroxylation is 1. The van der Waals surface area contributed by atoms with Crippen LogP contribution in [-0.4, -0.2) is 44.1 Å². The van der Waals surface area contributed by atoms with E-state index in [-0.39, 0.29) is 24.6 Å². The van der Waals surface area contributed by atoms with Crippen LogP contribution in [0.15, 0.2) is 35.7 Å². The molecule has 1 aromatic rings. The van der Waals surface area contributed by atoms with E-state index in [4.69, 9.17) is 5.11 Å². The Morgan fingerprint density at radius 3 is 2.71 bits per heavy atom. The first-order valence-corrected chi connectivity index (χ1v) is 8.43. The molecule has 21 heavy (non-hydrogen) atoms. The molecule has 0 saturated carbocycles. The normalized spacial score (nSPS) is 11.8. The third kappa shape index (κ3) is 4.64. The van der Waals surface area contributed by atoms with Crippen LogP contribution in [0.2, 0.25) is 0 Å². The molecule has 0 fully saturated rings. The number of rotatable bonds is 9. The minimum atomic E-state index is -3.63. The molecule has 1 aromatic carbocycles. The molecule has 118 valence electrons. The molecule has 5 nitrogen and oxygen atoms in total. The zero-order valence-electron chi connectivity index (χ0n) is 12.7. The lowest BCUT2D eigenvalue weighted by molar-refractivity contribution is 0.260. The number of aliphatic hydroxyl groups is 1. The van der Waals surface area contributed by atoms with Gasteiger partial charge in [-0.15, -0.1) is 6.58 Å². The average molecular weight is 312 g/mol. The molecular weight excluding hydrogens is 288 g/mol. The Kier molecular flexibility index (Phi) is 7.04. The van der Waals surface area contributed by atoms with Gasteiger partial charge in [-0.3, -0.25) is 0 Å². The van der Waals surface area contributed by atoms with Crippen LogP contribution < -0.4 is 5.32 Å². The summed E-state index contributed by atoms with van der Waals surface area (Å²) in [6, 6.07) is 5.42. The summed E-state index contributed by atoms with van der Waals surface area (Å²) in [5.74, 6) is 0. The molecule has 0 spiro atoms. The largest absolute Gasteiger partial charge is 0.395 e. The van der Waals surface area contributed by atoms with Crippen LogP contribution in [0.25, 0.3) is 0 Å². The Bertz CT molecular complexity index is 570. The van der Waals surface area contributed by atoms with Crippen molar-refractivity contribution in [3.63, 3.8) is 0 Å². The average Bonchev–Trinajstić information content (AvgIpc) is 2.46. The van der Waals surface area contributed by atoms with Crippen molar-refractivity contribution in [2.75, 3.05) is 26.2 Å². The Balaban J connectivity index is 3.18. The molecule has 0 aliphatic carbocycles. The van der Waals surface area contributed by atoms with E-state index in [1.807, 2.05) is 19.1 Å². The summed E-state index contributed by atoms with van der Waals surface area (Å²) < 4.78 is 26.6. The van der Waals surface area contributed by atoms with Crippen LogP contribution in [0.3, 0.4) is 0 Å². The minimum absolute atomic E-state index is 0.0607. The van der Waals surface area contributed by atoms with Gasteiger partial charge in [0, 0.05) is 19.6 Å². The Labute approximate surface area is 127 Å². The maximum absolute atomic E-state index is 12.7. The van der Waals surface area contributed by atoms with Gasteiger partial charge in [0.05, 0.1) is 11.5 Å². The summed E-state index contributed by atoms with van der Waals surface area (Å²) in [6.07, 6.45) is 1.52.